The maximum Gasteiger partial charge on any atom is 0.128 e. The topological polar surface area (TPSA) is 32.3 Å². The lowest BCUT2D eigenvalue weighted by molar-refractivity contribution is 0.0420. The minimum absolute atomic E-state index is 0.178. The second kappa shape index (κ2) is 5.10. The van der Waals surface area contributed by atoms with Crippen molar-refractivity contribution in [3.63, 3.8) is 0 Å². The summed E-state index contributed by atoms with van der Waals surface area (Å²) in [6.45, 7) is 2.54. The standard InChI is InChI=1S/C13H17F2NO/c1-8(16-7-9-4-11(17)5-9)12-6-10(14)2-3-13(12)15/h2-3,6,8-9,11,16-17H,4-5,7H2,1H3. The van der Waals surface area contributed by atoms with Crippen LogP contribution in [0.25, 0.3) is 0 Å². The molecule has 1 aliphatic carbocycles. The monoisotopic (exact) mass is 241 g/mol. The fourth-order valence-corrected chi connectivity index (χ4v) is 2.17. The number of hydrogen-bond donors (Lipinski definition) is 2. The lowest BCUT2D eigenvalue weighted by atomic mass is 9.82. The Morgan fingerprint density at radius 1 is 1.41 bits per heavy atom. The van der Waals surface area contributed by atoms with Gasteiger partial charge in [0.1, 0.15) is 11.6 Å². The molecule has 1 atom stereocenters. The van der Waals surface area contributed by atoms with Crippen molar-refractivity contribution >= 4 is 0 Å². The highest BCUT2D eigenvalue weighted by Gasteiger charge is 2.27. The van der Waals surface area contributed by atoms with Gasteiger partial charge in [0.2, 0.25) is 0 Å². The molecule has 0 aromatic heterocycles. The second-order valence-corrected chi connectivity index (χ2v) is 4.79. The quantitative estimate of drug-likeness (QED) is 0.848. The van der Waals surface area contributed by atoms with Crippen molar-refractivity contribution < 1.29 is 13.9 Å². The van der Waals surface area contributed by atoms with Gasteiger partial charge >= 0.3 is 0 Å². The summed E-state index contributed by atoms with van der Waals surface area (Å²) >= 11 is 0. The van der Waals surface area contributed by atoms with E-state index in [9.17, 15) is 8.78 Å². The van der Waals surface area contributed by atoms with Crippen LogP contribution in [0.3, 0.4) is 0 Å². The van der Waals surface area contributed by atoms with Crippen LogP contribution in [0.2, 0.25) is 0 Å². The molecule has 1 aliphatic rings. The van der Waals surface area contributed by atoms with Crippen LogP contribution in [0.5, 0.6) is 0 Å². The van der Waals surface area contributed by atoms with Gasteiger partial charge in [0.05, 0.1) is 6.10 Å². The van der Waals surface area contributed by atoms with Gasteiger partial charge < -0.3 is 10.4 Å². The Hall–Kier alpha value is -1.00. The van der Waals surface area contributed by atoms with E-state index in [0.717, 1.165) is 31.5 Å². The molecule has 0 radical (unpaired) electrons. The van der Waals surface area contributed by atoms with E-state index in [-0.39, 0.29) is 18.0 Å². The van der Waals surface area contributed by atoms with Crippen LogP contribution in [-0.2, 0) is 0 Å². The van der Waals surface area contributed by atoms with Gasteiger partial charge in [-0.2, -0.15) is 0 Å². The van der Waals surface area contributed by atoms with E-state index < -0.39 is 5.82 Å². The number of nitrogens with one attached hydrogen (secondary N) is 1. The first-order valence-electron chi connectivity index (χ1n) is 5.92. The maximum absolute atomic E-state index is 13.5. The van der Waals surface area contributed by atoms with Crippen molar-refractivity contribution in [1.29, 1.82) is 0 Å². The molecule has 0 heterocycles. The van der Waals surface area contributed by atoms with Gasteiger partial charge in [-0.05, 0) is 50.4 Å². The number of benzene rings is 1. The fraction of sp³-hybridized carbons (Fsp3) is 0.538. The van der Waals surface area contributed by atoms with Crippen LogP contribution in [0.15, 0.2) is 18.2 Å². The fourth-order valence-electron chi connectivity index (χ4n) is 2.17. The number of rotatable bonds is 4. The summed E-state index contributed by atoms with van der Waals surface area (Å²) in [6.07, 6.45) is 1.42. The van der Waals surface area contributed by atoms with Crippen molar-refractivity contribution in [3.05, 3.63) is 35.4 Å². The molecule has 1 unspecified atom stereocenters. The first kappa shape index (κ1) is 12.5. The molecule has 0 saturated heterocycles. The SMILES string of the molecule is CC(NCC1CC(O)C1)c1cc(F)ccc1F. The van der Waals surface area contributed by atoms with Crippen molar-refractivity contribution in [3.8, 4) is 0 Å². The Labute approximate surface area is 99.7 Å². The van der Waals surface area contributed by atoms with Gasteiger partial charge in [-0.25, -0.2) is 8.78 Å². The average molecular weight is 241 g/mol. The zero-order chi connectivity index (χ0) is 12.4. The lowest BCUT2D eigenvalue weighted by Gasteiger charge is -2.32. The maximum atomic E-state index is 13.5. The van der Waals surface area contributed by atoms with E-state index in [1.54, 1.807) is 0 Å². The molecule has 1 aromatic rings. The van der Waals surface area contributed by atoms with E-state index in [1.165, 1.54) is 6.07 Å². The molecular formula is C13H17F2NO. The van der Waals surface area contributed by atoms with E-state index >= 15 is 0 Å². The van der Waals surface area contributed by atoms with Crippen molar-refractivity contribution in [2.75, 3.05) is 6.54 Å². The molecule has 17 heavy (non-hydrogen) atoms. The van der Waals surface area contributed by atoms with Gasteiger partial charge in [-0.3, -0.25) is 0 Å². The van der Waals surface area contributed by atoms with Crippen LogP contribution in [0.4, 0.5) is 8.78 Å². The second-order valence-electron chi connectivity index (χ2n) is 4.79. The molecule has 1 saturated carbocycles. The molecule has 0 amide bonds. The highest BCUT2D eigenvalue weighted by molar-refractivity contribution is 5.21. The van der Waals surface area contributed by atoms with E-state index in [2.05, 4.69) is 5.32 Å². The Morgan fingerprint density at radius 3 is 2.76 bits per heavy atom. The molecular weight excluding hydrogens is 224 g/mol. The average Bonchev–Trinajstić information content (AvgIpc) is 2.26. The van der Waals surface area contributed by atoms with E-state index in [4.69, 9.17) is 5.11 Å². The summed E-state index contributed by atoms with van der Waals surface area (Å²) in [4.78, 5) is 0. The van der Waals surface area contributed by atoms with Crippen LogP contribution < -0.4 is 5.32 Å². The van der Waals surface area contributed by atoms with E-state index in [1.807, 2.05) is 6.92 Å². The van der Waals surface area contributed by atoms with Crippen LogP contribution >= 0.6 is 0 Å². The molecule has 94 valence electrons. The van der Waals surface area contributed by atoms with Crippen LogP contribution in [0.1, 0.15) is 31.4 Å². The van der Waals surface area contributed by atoms with Crippen molar-refractivity contribution in [2.45, 2.75) is 31.9 Å². The zero-order valence-corrected chi connectivity index (χ0v) is 9.79. The van der Waals surface area contributed by atoms with Gasteiger partial charge in [0, 0.05) is 11.6 Å². The van der Waals surface area contributed by atoms with Crippen molar-refractivity contribution in [2.24, 2.45) is 5.92 Å². The minimum atomic E-state index is -0.422. The first-order chi connectivity index (χ1) is 8.06. The highest BCUT2D eigenvalue weighted by atomic mass is 19.1. The van der Waals surface area contributed by atoms with Gasteiger partial charge in [0.25, 0.3) is 0 Å². The van der Waals surface area contributed by atoms with Gasteiger partial charge in [0.15, 0.2) is 0 Å². The third-order valence-electron chi connectivity index (χ3n) is 3.35. The highest BCUT2D eigenvalue weighted by Crippen LogP contribution is 2.27. The Morgan fingerprint density at radius 2 is 2.12 bits per heavy atom. The zero-order valence-electron chi connectivity index (χ0n) is 9.79. The molecule has 1 aromatic carbocycles. The van der Waals surface area contributed by atoms with E-state index in [0.29, 0.717) is 11.5 Å². The molecule has 0 bridgehead atoms. The smallest absolute Gasteiger partial charge is 0.128 e. The predicted molar refractivity (Wildman–Crippen MR) is 61.5 cm³/mol. The molecule has 1 fully saturated rings. The number of hydrogen-bond acceptors (Lipinski definition) is 2. The molecule has 4 heteroatoms. The van der Waals surface area contributed by atoms with Crippen molar-refractivity contribution in [1.82, 2.24) is 5.32 Å². The number of aliphatic hydroxyl groups is 1. The third kappa shape index (κ3) is 3.01. The number of halogens is 2. The molecule has 2 N–H and O–H groups in total. The van der Waals surface area contributed by atoms with Gasteiger partial charge in [-0.1, -0.05) is 0 Å². The Kier molecular flexibility index (Phi) is 3.74. The summed E-state index contributed by atoms with van der Waals surface area (Å²) in [6, 6.07) is 3.27. The third-order valence-corrected chi connectivity index (χ3v) is 3.35. The van der Waals surface area contributed by atoms with Crippen LogP contribution in [-0.4, -0.2) is 17.8 Å². The molecule has 0 aliphatic heterocycles. The summed E-state index contributed by atoms with van der Waals surface area (Å²) in [5, 5.41) is 12.3. The molecule has 2 rings (SSSR count). The Balaban J connectivity index is 1.90. The Bertz CT molecular complexity index is 391. The first-order valence-corrected chi connectivity index (χ1v) is 5.92. The number of aliphatic hydroxyl groups excluding tert-OH is 1. The summed E-state index contributed by atoms with van der Waals surface area (Å²) in [5.74, 6) is -0.363. The summed E-state index contributed by atoms with van der Waals surface area (Å²) in [5.41, 5.74) is 0.352. The largest absolute Gasteiger partial charge is 0.393 e. The molecule has 0 spiro atoms. The van der Waals surface area contributed by atoms with Crippen LogP contribution in [0, 0.1) is 17.6 Å². The normalized spacial score (nSPS) is 25.4. The minimum Gasteiger partial charge on any atom is -0.393 e. The molecule has 2 nitrogen and oxygen atoms in total. The lowest BCUT2D eigenvalue weighted by Crippen LogP contribution is -2.37. The summed E-state index contributed by atoms with van der Waals surface area (Å²) < 4.78 is 26.5. The van der Waals surface area contributed by atoms with Gasteiger partial charge in [-0.15, -0.1) is 0 Å². The predicted octanol–water partition coefficient (Wildman–Crippen LogP) is 2.39. The summed E-state index contributed by atoms with van der Waals surface area (Å²) in [7, 11) is 0.